The maximum Gasteiger partial charge on any atom is 0.176 e. The minimum absolute atomic E-state index is 0.0413. The second-order valence-corrected chi connectivity index (χ2v) is 4.55. The van der Waals surface area contributed by atoms with E-state index in [0.29, 0.717) is 17.1 Å². The molecule has 0 spiro atoms. The third-order valence-corrected chi connectivity index (χ3v) is 3.19. The van der Waals surface area contributed by atoms with E-state index in [-0.39, 0.29) is 5.75 Å². The third kappa shape index (κ3) is 2.67. The van der Waals surface area contributed by atoms with Gasteiger partial charge in [-0.05, 0) is 12.1 Å². The fourth-order valence-electron chi connectivity index (χ4n) is 2.08. The number of hydrogen-bond donors (Lipinski definition) is 2. The highest BCUT2D eigenvalue weighted by Crippen LogP contribution is 2.28. The Hall–Kier alpha value is -3.15. The normalized spacial score (nSPS) is 11.0. The number of hydrazone groups is 1. The molecule has 0 saturated heterocycles. The molecule has 1 heterocycles. The van der Waals surface area contributed by atoms with E-state index < -0.39 is 0 Å². The van der Waals surface area contributed by atoms with E-state index >= 15 is 0 Å². The number of nitrogens with one attached hydrogen (secondary N) is 1. The van der Waals surface area contributed by atoms with Crippen molar-refractivity contribution in [2.45, 2.75) is 0 Å². The van der Waals surface area contributed by atoms with E-state index in [0.717, 1.165) is 10.8 Å². The van der Waals surface area contributed by atoms with Crippen molar-refractivity contribution in [3.8, 4) is 11.5 Å². The van der Waals surface area contributed by atoms with Gasteiger partial charge >= 0.3 is 0 Å². The average molecular weight is 294 g/mol. The first kappa shape index (κ1) is 13.8. The molecule has 0 fully saturated rings. The zero-order valence-corrected chi connectivity index (χ0v) is 11.9. The van der Waals surface area contributed by atoms with Crippen LogP contribution < -0.4 is 10.2 Å². The van der Waals surface area contributed by atoms with Crippen LogP contribution in [-0.4, -0.2) is 28.6 Å². The third-order valence-electron chi connectivity index (χ3n) is 3.19. The molecular formula is C16H14N4O2. The van der Waals surface area contributed by atoms with Gasteiger partial charge in [-0.2, -0.15) is 10.2 Å². The van der Waals surface area contributed by atoms with Crippen molar-refractivity contribution in [3.05, 3.63) is 54.2 Å². The molecule has 0 aliphatic heterocycles. The lowest BCUT2D eigenvalue weighted by atomic mass is 10.2. The molecule has 2 aromatic carbocycles. The summed E-state index contributed by atoms with van der Waals surface area (Å²) in [6, 6.07) is 12.9. The molecule has 0 radical (unpaired) electrons. The predicted octanol–water partition coefficient (Wildman–Crippen LogP) is 2.79. The molecule has 0 unspecified atom stereocenters. The van der Waals surface area contributed by atoms with Crippen LogP contribution in [-0.2, 0) is 0 Å². The van der Waals surface area contributed by atoms with Crippen molar-refractivity contribution in [1.82, 2.24) is 10.2 Å². The number of phenols is 1. The van der Waals surface area contributed by atoms with Gasteiger partial charge in [0.05, 0.1) is 19.5 Å². The number of phenolic OH excluding ortho intramolecular Hbond substituents is 1. The van der Waals surface area contributed by atoms with Gasteiger partial charge in [0.25, 0.3) is 0 Å². The summed E-state index contributed by atoms with van der Waals surface area (Å²) in [5.74, 6) is 0.991. The summed E-state index contributed by atoms with van der Waals surface area (Å²) in [5.41, 5.74) is 3.39. The molecular weight excluding hydrogens is 280 g/mol. The zero-order valence-electron chi connectivity index (χ0n) is 11.9. The molecule has 22 heavy (non-hydrogen) atoms. The van der Waals surface area contributed by atoms with Crippen LogP contribution in [0.1, 0.15) is 5.56 Å². The molecule has 0 aliphatic carbocycles. The number of para-hydroxylation sites is 1. The van der Waals surface area contributed by atoms with Gasteiger partial charge in [0.15, 0.2) is 17.3 Å². The Morgan fingerprint density at radius 3 is 2.91 bits per heavy atom. The highest BCUT2D eigenvalue weighted by molar-refractivity contribution is 5.91. The summed E-state index contributed by atoms with van der Waals surface area (Å²) in [5, 5.41) is 23.9. The van der Waals surface area contributed by atoms with Crippen molar-refractivity contribution in [1.29, 1.82) is 0 Å². The Morgan fingerprint density at radius 1 is 1.18 bits per heavy atom. The Labute approximate surface area is 127 Å². The number of nitrogens with zero attached hydrogens (tertiary/aromatic N) is 3. The summed E-state index contributed by atoms with van der Waals surface area (Å²) in [6.07, 6.45) is 3.19. The number of hydrogen-bond acceptors (Lipinski definition) is 6. The van der Waals surface area contributed by atoms with Crippen molar-refractivity contribution < 1.29 is 9.84 Å². The van der Waals surface area contributed by atoms with E-state index in [9.17, 15) is 5.11 Å². The summed E-state index contributed by atoms with van der Waals surface area (Å²) in [4.78, 5) is 0. The Bertz CT molecular complexity index is 828. The first-order valence-corrected chi connectivity index (χ1v) is 6.65. The SMILES string of the molecule is COc1cccc(/C=N/Nc2nncc3ccccc23)c1O. The molecule has 2 N–H and O–H groups in total. The Balaban J connectivity index is 1.85. The standard InChI is InChI=1S/C16H14N4O2/c1-22-14-8-4-6-12(15(14)21)10-18-20-16-13-7-3-2-5-11(13)9-17-19-16/h2-10,21H,1H3,(H,19,20)/b18-10+. The highest BCUT2D eigenvalue weighted by atomic mass is 16.5. The van der Waals surface area contributed by atoms with Crippen LogP contribution in [0.15, 0.2) is 53.8 Å². The Kier molecular flexibility index (Phi) is 3.82. The highest BCUT2D eigenvalue weighted by Gasteiger charge is 2.05. The molecule has 0 bridgehead atoms. The monoisotopic (exact) mass is 294 g/mol. The molecule has 6 nitrogen and oxygen atoms in total. The van der Waals surface area contributed by atoms with Crippen LogP contribution in [0.5, 0.6) is 11.5 Å². The first-order chi connectivity index (χ1) is 10.8. The number of ether oxygens (including phenoxy) is 1. The van der Waals surface area contributed by atoms with Crippen LogP contribution in [0.4, 0.5) is 5.82 Å². The van der Waals surface area contributed by atoms with Gasteiger partial charge in [0.2, 0.25) is 0 Å². The van der Waals surface area contributed by atoms with Crippen molar-refractivity contribution in [2.24, 2.45) is 5.10 Å². The molecule has 3 rings (SSSR count). The second-order valence-electron chi connectivity index (χ2n) is 4.55. The van der Waals surface area contributed by atoms with Gasteiger partial charge in [-0.25, -0.2) is 0 Å². The van der Waals surface area contributed by atoms with Crippen LogP contribution >= 0.6 is 0 Å². The summed E-state index contributed by atoms with van der Waals surface area (Å²) in [7, 11) is 1.50. The lowest BCUT2D eigenvalue weighted by molar-refractivity contribution is 0.373. The van der Waals surface area contributed by atoms with Crippen LogP contribution in [0, 0.1) is 0 Å². The lowest BCUT2D eigenvalue weighted by Crippen LogP contribution is -1.97. The summed E-state index contributed by atoms with van der Waals surface area (Å²) in [6.45, 7) is 0. The molecule has 0 atom stereocenters. The Morgan fingerprint density at radius 2 is 2.05 bits per heavy atom. The van der Waals surface area contributed by atoms with Gasteiger partial charge in [-0.15, -0.1) is 5.10 Å². The minimum Gasteiger partial charge on any atom is -0.504 e. The van der Waals surface area contributed by atoms with Gasteiger partial charge in [0.1, 0.15) is 0 Å². The topological polar surface area (TPSA) is 79.6 Å². The van der Waals surface area contributed by atoms with Gasteiger partial charge in [0, 0.05) is 16.3 Å². The average Bonchev–Trinajstić information content (AvgIpc) is 2.56. The molecule has 6 heteroatoms. The van der Waals surface area contributed by atoms with Crippen molar-refractivity contribution >= 4 is 22.8 Å². The molecule has 3 aromatic rings. The van der Waals surface area contributed by atoms with E-state index in [1.54, 1.807) is 24.4 Å². The minimum atomic E-state index is 0.0413. The largest absolute Gasteiger partial charge is 0.504 e. The summed E-state index contributed by atoms with van der Waals surface area (Å²) >= 11 is 0. The smallest absolute Gasteiger partial charge is 0.176 e. The molecule has 110 valence electrons. The number of benzene rings is 2. The maximum absolute atomic E-state index is 9.99. The number of anilines is 1. The first-order valence-electron chi connectivity index (χ1n) is 6.65. The second kappa shape index (κ2) is 6.09. The molecule has 0 saturated carbocycles. The summed E-state index contributed by atoms with van der Waals surface area (Å²) < 4.78 is 5.05. The van der Waals surface area contributed by atoms with E-state index in [4.69, 9.17) is 4.74 Å². The van der Waals surface area contributed by atoms with Crippen LogP contribution in [0.25, 0.3) is 10.8 Å². The maximum atomic E-state index is 9.99. The van der Waals surface area contributed by atoms with E-state index in [1.807, 2.05) is 24.3 Å². The van der Waals surface area contributed by atoms with Gasteiger partial charge in [-0.1, -0.05) is 30.3 Å². The number of fused-ring (bicyclic) bond motifs is 1. The van der Waals surface area contributed by atoms with Gasteiger partial charge in [-0.3, -0.25) is 5.43 Å². The van der Waals surface area contributed by atoms with Crippen LogP contribution in [0.2, 0.25) is 0 Å². The number of aromatic hydroxyl groups is 1. The molecule has 1 aromatic heterocycles. The fourth-order valence-corrected chi connectivity index (χ4v) is 2.08. The van der Waals surface area contributed by atoms with Crippen LogP contribution in [0.3, 0.4) is 0 Å². The van der Waals surface area contributed by atoms with E-state index in [1.165, 1.54) is 13.3 Å². The van der Waals surface area contributed by atoms with Crippen molar-refractivity contribution in [3.63, 3.8) is 0 Å². The molecule has 0 amide bonds. The predicted molar refractivity (Wildman–Crippen MR) is 85.4 cm³/mol. The lowest BCUT2D eigenvalue weighted by Gasteiger charge is -2.05. The van der Waals surface area contributed by atoms with Crippen molar-refractivity contribution in [2.75, 3.05) is 12.5 Å². The molecule has 0 aliphatic rings. The quantitative estimate of drug-likeness (QED) is 0.571. The fraction of sp³-hybridized carbons (Fsp3) is 0.0625. The van der Waals surface area contributed by atoms with Gasteiger partial charge < -0.3 is 9.84 Å². The zero-order chi connectivity index (χ0) is 15.4. The number of methoxy groups -OCH3 is 1. The van der Waals surface area contributed by atoms with E-state index in [2.05, 4.69) is 20.7 Å². The number of rotatable bonds is 4. The number of aromatic nitrogens is 2.